The number of nitrogens with zero attached hydrogens (tertiary/aromatic N) is 1. The minimum Gasteiger partial charge on any atom is -0.289 e. The summed E-state index contributed by atoms with van der Waals surface area (Å²) in [4.78, 5) is 14.1. The summed E-state index contributed by atoms with van der Waals surface area (Å²) in [6.07, 6.45) is 4.62. The number of rotatable bonds is 5. The van der Waals surface area contributed by atoms with Gasteiger partial charge in [-0.25, -0.2) is 8.42 Å². The van der Waals surface area contributed by atoms with Gasteiger partial charge in [-0.3, -0.25) is 9.10 Å². The molecule has 0 N–H and O–H groups in total. The predicted molar refractivity (Wildman–Crippen MR) is 111 cm³/mol. The van der Waals surface area contributed by atoms with Gasteiger partial charge in [0, 0.05) is 27.6 Å². The van der Waals surface area contributed by atoms with Gasteiger partial charge < -0.3 is 0 Å². The lowest BCUT2D eigenvalue weighted by Crippen LogP contribution is -2.34. The Bertz CT molecular complexity index is 978. The molecule has 0 spiro atoms. The molecule has 2 aromatic rings. The van der Waals surface area contributed by atoms with E-state index in [1.165, 1.54) is 9.18 Å². The molecule has 0 bridgehead atoms. The molecule has 2 unspecified atom stereocenters. The highest BCUT2D eigenvalue weighted by atomic mass is 32.2. The highest BCUT2D eigenvalue weighted by molar-refractivity contribution is 7.93. The standard InChI is InChI=1S/C20H27NO3S2/c1-5-13(3)26(23,24)21(4)15-8-10-17-19(12-15)25-18-11-14(6-2)7-9-16(18)20(17)22/h8,10,12-14H,5-7,9,11H2,1-4H3. The van der Waals surface area contributed by atoms with Gasteiger partial charge in [-0.2, -0.15) is 0 Å². The van der Waals surface area contributed by atoms with Crippen molar-refractivity contribution in [3.63, 3.8) is 0 Å². The average molecular weight is 394 g/mol. The Morgan fingerprint density at radius 1 is 1.31 bits per heavy atom. The van der Waals surface area contributed by atoms with Crippen molar-refractivity contribution < 1.29 is 8.42 Å². The van der Waals surface area contributed by atoms with Gasteiger partial charge in [-0.1, -0.05) is 20.3 Å². The maximum Gasteiger partial charge on any atom is 0.237 e. The van der Waals surface area contributed by atoms with Crippen LogP contribution in [-0.4, -0.2) is 20.7 Å². The van der Waals surface area contributed by atoms with Crippen molar-refractivity contribution in [2.24, 2.45) is 5.92 Å². The van der Waals surface area contributed by atoms with Gasteiger partial charge in [0.15, 0.2) is 5.43 Å². The Labute approximate surface area is 159 Å². The molecule has 0 aliphatic heterocycles. The molecule has 26 heavy (non-hydrogen) atoms. The zero-order valence-corrected chi connectivity index (χ0v) is 17.5. The minimum absolute atomic E-state index is 0.127. The molecular formula is C20H27NO3S2. The third-order valence-corrected chi connectivity index (χ3v) is 9.28. The lowest BCUT2D eigenvalue weighted by atomic mass is 9.87. The second-order valence-corrected chi connectivity index (χ2v) is 10.8. The van der Waals surface area contributed by atoms with E-state index >= 15 is 0 Å². The first-order valence-electron chi connectivity index (χ1n) is 9.35. The van der Waals surface area contributed by atoms with E-state index in [0.29, 0.717) is 23.4 Å². The number of hydrogen-bond acceptors (Lipinski definition) is 4. The van der Waals surface area contributed by atoms with Gasteiger partial charge in [0.2, 0.25) is 10.0 Å². The van der Waals surface area contributed by atoms with E-state index in [0.717, 1.165) is 35.9 Å². The Morgan fingerprint density at radius 2 is 2.04 bits per heavy atom. The maximum atomic E-state index is 12.9. The van der Waals surface area contributed by atoms with Crippen molar-refractivity contribution in [2.45, 2.75) is 58.1 Å². The Hall–Kier alpha value is -1.40. The quantitative estimate of drug-likeness (QED) is 0.759. The maximum absolute atomic E-state index is 12.9. The Morgan fingerprint density at radius 3 is 2.69 bits per heavy atom. The fraction of sp³-hybridized carbons (Fsp3) is 0.550. The van der Waals surface area contributed by atoms with Crippen LogP contribution < -0.4 is 9.73 Å². The zero-order valence-electron chi connectivity index (χ0n) is 15.9. The minimum atomic E-state index is -3.39. The van der Waals surface area contributed by atoms with Crippen LogP contribution in [-0.2, 0) is 22.9 Å². The molecule has 0 saturated carbocycles. The Balaban J connectivity index is 2.08. The van der Waals surface area contributed by atoms with E-state index in [2.05, 4.69) is 6.92 Å². The molecule has 1 aromatic carbocycles. The third kappa shape index (κ3) is 3.29. The molecule has 6 heteroatoms. The number of benzene rings is 1. The van der Waals surface area contributed by atoms with Crippen LogP contribution in [0.4, 0.5) is 5.69 Å². The van der Waals surface area contributed by atoms with Crippen molar-refractivity contribution in [1.82, 2.24) is 0 Å². The van der Waals surface area contributed by atoms with Crippen molar-refractivity contribution in [1.29, 1.82) is 0 Å². The monoisotopic (exact) mass is 393 g/mol. The fourth-order valence-electron chi connectivity index (χ4n) is 3.57. The van der Waals surface area contributed by atoms with Gasteiger partial charge in [-0.05, 0) is 56.7 Å². The van der Waals surface area contributed by atoms with Gasteiger partial charge in [-0.15, -0.1) is 11.3 Å². The summed E-state index contributed by atoms with van der Waals surface area (Å²) >= 11 is 1.66. The first-order chi connectivity index (χ1) is 12.3. The smallest absolute Gasteiger partial charge is 0.237 e. The number of fused-ring (bicyclic) bond motifs is 2. The van der Waals surface area contributed by atoms with E-state index in [4.69, 9.17) is 0 Å². The van der Waals surface area contributed by atoms with Crippen molar-refractivity contribution >= 4 is 37.1 Å². The summed E-state index contributed by atoms with van der Waals surface area (Å²) < 4.78 is 27.5. The zero-order chi connectivity index (χ0) is 19.1. The van der Waals surface area contributed by atoms with E-state index in [-0.39, 0.29) is 5.43 Å². The molecule has 142 valence electrons. The van der Waals surface area contributed by atoms with Crippen LogP contribution in [0.25, 0.3) is 10.1 Å². The van der Waals surface area contributed by atoms with Gasteiger partial charge in [0.1, 0.15) is 0 Å². The van der Waals surface area contributed by atoms with Crippen LogP contribution in [0.2, 0.25) is 0 Å². The predicted octanol–water partition coefficient (Wildman–Crippen LogP) is 4.34. The molecule has 0 saturated heterocycles. The topological polar surface area (TPSA) is 54.5 Å². The number of hydrogen-bond donors (Lipinski definition) is 0. The summed E-state index contributed by atoms with van der Waals surface area (Å²) in [6.45, 7) is 5.80. The molecule has 1 aliphatic carbocycles. The van der Waals surface area contributed by atoms with Crippen molar-refractivity contribution in [3.05, 3.63) is 38.9 Å². The van der Waals surface area contributed by atoms with Crippen LogP contribution in [0, 0.1) is 5.92 Å². The SMILES string of the molecule is CCC1CCc2c(sc3cc(N(C)S(=O)(=O)C(C)CC)ccc3c2=O)C1. The highest BCUT2D eigenvalue weighted by Gasteiger charge is 2.26. The van der Waals surface area contributed by atoms with Crippen LogP contribution in [0.15, 0.2) is 23.0 Å². The lowest BCUT2D eigenvalue weighted by Gasteiger charge is -2.24. The first kappa shape index (κ1) is 19.4. The van der Waals surface area contributed by atoms with Crippen LogP contribution >= 0.6 is 11.3 Å². The van der Waals surface area contributed by atoms with E-state index in [1.54, 1.807) is 37.4 Å². The summed E-state index contributed by atoms with van der Waals surface area (Å²) in [6, 6.07) is 5.40. The number of sulfonamides is 1. The number of anilines is 1. The van der Waals surface area contributed by atoms with E-state index in [1.807, 2.05) is 13.0 Å². The van der Waals surface area contributed by atoms with Crippen LogP contribution in [0.1, 0.15) is 50.5 Å². The fourth-order valence-corrected chi connectivity index (χ4v) is 6.29. The highest BCUT2D eigenvalue weighted by Crippen LogP contribution is 2.33. The largest absolute Gasteiger partial charge is 0.289 e. The second-order valence-electron chi connectivity index (χ2n) is 7.26. The second kappa shape index (κ2) is 7.31. The van der Waals surface area contributed by atoms with Crippen molar-refractivity contribution in [3.8, 4) is 0 Å². The normalized spacial score (nSPS) is 18.5. The summed E-state index contributed by atoms with van der Waals surface area (Å²) in [5.74, 6) is 0.646. The molecular weight excluding hydrogens is 366 g/mol. The van der Waals surface area contributed by atoms with Crippen molar-refractivity contribution in [2.75, 3.05) is 11.4 Å². The Kier molecular flexibility index (Phi) is 5.45. The summed E-state index contributed by atoms with van der Waals surface area (Å²) in [5, 5.41) is 0.276. The molecule has 2 atom stereocenters. The van der Waals surface area contributed by atoms with Crippen LogP contribution in [0.5, 0.6) is 0 Å². The van der Waals surface area contributed by atoms with E-state index < -0.39 is 15.3 Å². The summed E-state index contributed by atoms with van der Waals surface area (Å²) in [7, 11) is -1.80. The van der Waals surface area contributed by atoms with Gasteiger partial charge >= 0.3 is 0 Å². The molecule has 0 amide bonds. The van der Waals surface area contributed by atoms with E-state index in [9.17, 15) is 13.2 Å². The molecule has 3 rings (SSSR count). The molecule has 1 aromatic heterocycles. The summed E-state index contributed by atoms with van der Waals surface area (Å²) in [5.41, 5.74) is 1.72. The molecule has 0 fully saturated rings. The van der Waals surface area contributed by atoms with Gasteiger partial charge in [0.25, 0.3) is 0 Å². The average Bonchev–Trinajstić information content (AvgIpc) is 2.65. The molecule has 1 heterocycles. The molecule has 1 aliphatic rings. The van der Waals surface area contributed by atoms with Crippen LogP contribution in [0.3, 0.4) is 0 Å². The third-order valence-electron chi connectivity index (χ3n) is 5.74. The molecule has 4 nitrogen and oxygen atoms in total. The first-order valence-corrected chi connectivity index (χ1v) is 11.7. The lowest BCUT2D eigenvalue weighted by molar-refractivity contribution is 0.448. The van der Waals surface area contributed by atoms with Gasteiger partial charge in [0.05, 0.1) is 10.9 Å². The molecule has 0 radical (unpaired) electrons.